The van der Waals surface area contributed by atoms with E-state index in [0.29, 0.717) is 16.9 Å². The van der Waals surface area contributed by atoms with Gasteiger partial charge in [-0.25, -0.2) is 4.39 Å². The smallest absolute Gasteiger partial charge is 0.272 e. The van der Waals surface area contributed by atoms with Gasteiger partial charge in [-0.2, -0.15) is 11.3 Å². The fraction of sp³-hybridized carbons (Fsp3) is 0.0690. The maximum Gasteiger partial charge on any atom is 0.272 e. The molecule has 3 amide bonds. The van der Waals surface area contributed by atoms with Gasteiger partial charge in [0.15, 0.2) is 0 Å². The van der Waals surface area contributed by atoms with Crippen LogP contribution in [0, 0.1) is 5.82 Å². The molecule has 0 aliphatic carbocycles. The number of amides is 3. The summed E-state index contributed by atoms with van der Waals surface area (Å²) >= 11 is 2.80. The van der Waals surface area contributed by atoms with Crippen LogP contribution in [0.25, 0.3) is 6.08 Å². The molecule has 1 heterocycles. The van der Waals surface area contributed by atoms with Crippen molar-refractivity contribution in [1.29, 1.82) is 0 Å². The fourth-order valence-electron chi connectivity index (χ4n) is 3.35. The normalized spacial score (nSPS) is 11.9. The Hall–Kier alpha value is -4.21. The number of nitrogens with one attached hydrogen (secondary N) is 3. The second-order valence-electron chi connectivity index (χ2n) is 8.17. The van der Waals surface area contributed by atoms with Crippen LogP contribution < -0.4 is 16.0 Å². The second kappa shape index (κ2) is 12.8. The van der Waals surface area contributed by atoms with E-state index in [1.165, 1.54) is 47.4 Å². The zero-order valence-corrected chi connectivity index (χ0v) is 21.9. The molecule has 4 rings (SSSR count). The van der Waals surface area contributed by atoms with Crippen molar-refractivity contribution in [2.24, 2.45) is 0 Å². The molecule has 3 aromatic carbocycles. The summed E-state index contributed by atoms with van der Waals surface area (Å²) < 4.78 is 13.1. The van der Waals surface area contributed by atoms with Crippen LogP contribution in [0.2, 0.25) is 0 Å². The van der Waals surface area contributed by atoms with Gasteiger partial charge < -0.3 is 16.0 Å². The van der Waals surface area contributed by atoms with Gasteiger partial charge in [0.2, 0.25) is 5.91 Å². The van der Waals surface area contributed by atoms with E-state index in [0.717, 1.165) is 10.5 Å². The molecule has 0 fully saturated rings. The predicted octanol–water partition coefficient (Wildman–Crippen LogP) is 6.42. The van der Waals surface area contributed by atoms with Crippen molar-refractivity contribution >= 4 is 58.3 Å². The first-order valence-corrected chi connectivity index (χ1v) is 13.4. The average molecular weight is 546 g/mol. The highest BCUT2D eigenvalue weighted by Gasteiger charge is 2.17. The molecule has 4 aromatic rings. The zero-order chi connectivity index (χ0) is 26.9. The third-order valence-corrected chi connectivity index (χ3v) is 7.06. The summed E-state index contributed by atoms with van der Waals surface area (Å²) in [6.45, 7) is 1.76. The molecule has 6 nitrogen and oxygen atoms in total. The first-order valence-electron chi connectivity index (χ1n) is 11.6. The number of rotatable bonds is 9. The number of hydrogen-bond donors (Lipinski definition) is 3. The Morgan fingerprint density at radius 3 is 2.37 bits per heavy atom. The summed E-state index contributed by atoms with van der Waals surface area (Å²) in [4.78, 5) is 39.3. The van der Waals surface area contributed by atoms with Crippen molar-refractivity contribution < 1.29 is 18.8 Å². The van der Waals surface area contributed by atoms with Crippen LogP contribution in [0.3, 0.4) is 0 Å². The Bertz CT molecular complexity index is 1440. The number of carbonyl (C=O) groups is 3. The topological polar surface area (TPSA) is 87.3 Å². The number of anilines is 2. The van der Waals surface area contributed by atoms with Crippen LogP contribution in [0.1, 0.15) is 22.8 Å². The van der Waals surface area contributed by atoms with Crippen LogP contribution in [-0.2, 0) is 9.59 Å². The molecule has 0 saturated heterocycles. The molecule has 0 aliphatic rings. The summed E-state index contributed by atoms with van der Waals surface area (Å²) in [6.07, 6.45) is 1.62. The molecule has 1 atom stereocenters. The second-order valence-corrected chi connectivity index (χ2v) is 10.4. The van der Waals surface area contributed by atoms with Crippen molar-refractivity contribution in [3.63, 3.8) is 0 Å². The molecule has 38 heavy (non-hydrogen) atoms. The lowest BCUT2D eigenvalue weighted by atomic mass is 10.2. The highest BCUT2D eigenvalue weighted by atomic mass is 32.2. The van der Waals surface area contributed by atoms with Crippen LogP contribution >= 0.6 is 23.1 Å². The summed E-state index contributed by atoms with van der Waals surface area (Å²) in [5, 5.41) is 11.6. The molecule has 0 saturated carbocycles. The van der Waals surface area contributed by atoms with E-state index >= 15 is 0 Å². The maximum atomic E-state index is 13.2. The van der Waals surface area contributed by atoms with Gasteiger partial charge in [0.1, 0.15) is 11.5 Å². The highest BCUT2D eigenvalue weighted by Crippen LogP contribution is 2.27. The summed E-state index contributed by atoms with van der Waals surface area (Å²) in [5.74, 6) is -1.49. The van der Waals surface area contributed by atoms with E-state index in [1.807, 2.05) is 29.0 Å². The van der Waals surface area contributed by atoms with Gasteiger partial charge in [0.05, 0.1) is 5.25 Å². The van der Waals surface area contributed by atoms with Gasteiger partial charge >= 0.3 is 0 Å². The molecule has 9 heteroatoms. The molecule has 1 aromatic heterocycles. The first kappa shape index (κ1) is 26.8. The highest BCUT2D eigenvalue weighted by molar-refractivity contribution is 8.00. The van der Waals surface area contributed by atoms with Crippen LogP contribution in [0.5, 0.6) is 0 Å². The maximum absolute atomic E-state index is 13.2. The quantitative estimate of drug-likeness (QED) is 0.167. The van der Waals surface area contributed by atoms with Crippen molar-refractivity contribution in [3.05, 3.63) is 118 Å². The van der Waals surface area contributed by atoms with E-state index in [4.69, 9.17) is 0 Å². The van der Waals surface area contributed by atoms with Gasteiger partial charge in [0, 0.05) is 21.8 Å². The van der Waals surface area contributed by atoms with Crippen molar-refractivity contribution in [1.82, 2.24) is 5.32 Å². The van der Waals surface area contributed by atoms with E-state index < -0.39 is 17.1 Å². The molecule has 0 radical (unpaired) electrons. The van der Waals surface area contributed by atoms with Gasteiger partial charge in [-0.15, -0.1) is 11.8 Å². The summed E-state index contributed by atoms with van der Waals surface area (Å²) in [6, 6.07) is 23.2. The van der Waals surface area contributed by atoms with Gasteiger partial charge in [-0.3, -0.25) is 14.4 Å². The SMILES string of the molecule is CC(Sc1cccc(NC(=O)/C(=C/c2ccsc2)NC(=O)c2ccccc2)c1)C(=O)Nc1ccc(F)cc1. The Morgan fingerprint density at radius 1 is 0.895 bits per heavy atom. The fourth-order valence-corrected chi connectivity index (χ4v) is 4.89. The first-order chi connectivity index (χ1) is 18.4. The number of thioether (sulfide) groups is 1. The molecule has 0 aliphatic heterocycles. The number of benzene rings is 3. The van der Waals surface area contributed by atoms with Crippen LogP contribution in [0.4, 0.5) is 15.8 Å². The largest absolute Gasteiger partial charge is 0.325 e. The van der Waals surface area contributed by atoms with E-state index in [2.05, 4.69) is 16.0 Å². The predicted molar refractivity (Wildman–Crippen MR) is 152 cm³/mol. The van der Waals surface area contributed by atoms with Crippen LogP contribution in [-0.4, -0.2) is 23.0 Å². The Labute approximate surface area is 228 Å². The zero-order valence-electron chi connectivity index (χ0n) is 20.3. The third-order valence-electron chi connectivity index (χ3n) is 5.27. The van der Waals surface area contributed by atoms with Crippen molar-refractivity contribution in [2.45, 2.75) is 17.1 Å². The van der Waals surface area contributed by atoms with E-state index in [9.17, 15) is 18.8 Å². The van der Waals surface area contributed by atoms with Crippen LogP contribution in [0.15, 0.2) is 106 Å². The van der Waals surface area contributed by atoms with Gasteiger partial charge in [-0.1, -0.05) is 24.3 Å². The molecule has 192 valence electrons. The molecular formula is C29H24FN3O3S2. The van der Waals surface area contributed by atoms with Gasteiger partial charge in [-0.05, 0) is 90.0 Å². The summed E-state index contributed by atoms with van der Waals surface area (Å²) in [7, 11) is 0. The lowest BCUT2D eigenvalue weighted by Gasteiger charge is -2.14. The number of halogens is 1. The average Bonchev–Trinajstić information content (AvgIpc) is 3.43. The Kier molecular flexibility index (Phi) is 9.07. The standard InChI is InChI=1S/C29H24FN3O3S2/c1-19(27(34)31-23-12-10-22(30)11-13-23)38-25-9-5-8-24(17-25)32-29(36)26(16-20-14-15-37-18-20)33-28(35)21-6-3-2-4-7-21/h2-19H,1H3,(H,31,34)(H,32,36)(H,33,35)/b26-16-. The number of hydrogen-bond acceptors (Lipinski definition) is 5. The van der Waals surface area contributed by atoms with E-state index in [-0.39, 0.29) is 17.4 Å². The molecule has 3 N–H and O–H groups in total. The third kappa shape index (κ3) is 7.64. The minimum atomic E-state index is -0.482. The van der Waals surface area contributed by atoms with Gasteiger partial charge in [0.25, 0.3) is 11.8 Å². The van der Waals surface area contributed by atoms with E-state index in [1.54, 1.807) is 55.5 Å². The minimum absolute atomic E-state index is 0.0994. The Balaban J connectivity index is 1.44. The molecular weight excluding hydrogens is 521 g/mol. The monoisotopic (exact) mass is 545 g/mol. The molecule has 0 spiro atoms. The van der Waals surface area contributed by atoms with Crippen molar-refractivity contribution in [3.8, 4) is 0 Å². The molecule has 1 unspecified atom stereocenters. The molecule has 0 bridgehead atoms. The number of carbonyl (C=O) groups excluding carboxylic acids is 3. The minimum Gasteiger partial charge on any atom is -0.325 e. The number of thiophene rings is 1. The Morgan fingerprint density at radius 2 is 1.66 bits per heavy atom. The summed E-state index contributed by atoms with van der Waals surface area (Å²) in [5.41, 5.74) is 2.34. The lowest BCUT2D eigenvalue weighted by molar-refractivity contribution is -0.115. The van der Waals surface area contributed by atoms with Crippen molar-refractivity contribution in [2.75, 3.05) is 10.6 Å². The lowest BCUT2D eigenvalue weighted by Crippen LogP contribution is -2.30.